The SMILES string of the molecule is Cc1csc([C@@H]2COCCN2S(=O)(=O)c2cccs2)n1. The Balaban J connectivity index is 1.97. The normalized spacial score (nSPS) is 21.1. The molecule has 0 saturated carbocycles. The molecule has 0 amide bonds. The molecule has 0 bridgehead atoms. The van der Waals surface area contributed by atoms with Gasteiger partial charge in [0, 0.05) is 17.6 Å². The lowest BCUT2D eigenvalue weighted by molar-refractivity contribution is 0.0320. The summed E-state index contributed by atoms with van der Waals surface area (Å²) in [4.78, 5) is 4.42. The summed E-state index contributed by atoms with van der Waals surface area (Å²) in [6, 6.07) is 3.06. The molecule has 108 valence electrons. The molecule has 0 aliphatic carbocycles. The third-order valence-electron chi connectivity index (χ3n) is 3.06. The van der Waals surface area contributed by atoms with Crippen molar-refractivity contribution >= 4 is 32.7 Å². The Labute approximate surface area is 125 Å². The number of thiazole rings is 1. The Bertz CT molecular complexity index is 679. The van der Waals surface area contributed by atoms with Crippen molar-refractivity contribution in [3.05, 3.63) is 33.6 Å². The molecule has 2 aromatic rings. The van der Waals surface area contributed by atoms with E-state index in [2.05, 4.69) is 4.98 Å². The molecular weight excluding hydrogens is 316 g/mol. The van der Waals surface area contributed by atoms with Gasteiger partial charge in [-0.1, -0.05) is 6.07 Å². The number of aromatic nitrogens is 1. The number of nitrogens with zero attached hydrogens (tertiary/aromatic N) is 2. The summed E-state index contributed by atoms with van der Waals surface area (Å²) in [6.07, 6.45) is 0. The molecule has 2 aromatic heterocycles. The van der Waals surface area contributed by atoms with Gasteiger partial charge in [-0.2, -0.15) is 4.31 Å². The van der Waals surface area contributed by atoms with E-state index < -0.39 is 10.0 Å². The van der Waals surface area contributed by atoms with Crippen molar-refractivity contribution in [2.24, 2.45) is 0 Å². The van der Waals surface area contributed by atoms with Crippen LogP contribution in [0.1, 0.15) is 16.7 Å². The van der Waals surface area contributed by atoms with Gasteiger partial charge in [-0.25, -0.2) is 13.4 Å². The molecule has 20 heavy (non-hydrogen) atoms. The van der Waals surface area contributed by atoms with Gasteiger partial charge in [-0.3, -0.25) is 0 Å². The molecule has 0 unspecified atom stereocenters. The van der Waals surface area contributed by atoms with Crippen LogP contribution in [-0.4, -0.2) is 37.5 Å². The van der Waals surface area contributed by atoms with E-state index in [1.807, 2.05) is 12.3 Å². The van der Waals surface area contributed by atoms with E-state index in [9.17, 15) is 8.42 Å². The fourth-order valence-corrected chi connectivity index (χ4v) is 5.76. The lowest BCUT2D eigenvalue weighted by Crippen LogP contribution is -2.43. The quantitative estimate of drug-likeness (QED) is 0.866. The van der Waals surface area contributed by atoms with Gasteiger partial charge in [0.1, 0.15) is 15.3 Å². The average Bonchev–Trinajstić information content (AvgIpc) is 3.10. The molecule has 3 rings (SSSR count). The first kappa shape index (κ1) is 14.2. The van der Waals surface area contributed by atoms with Crippen LogP contribution in [0.5, 0.6) is 0 Å². The maximum atomic E-state index is 12.7. The van der Waals surface area contributed by atoms with Crippen molar-refractivity contribution in [3.63, 3.8) is 0 Å². The molecule has 3 heterocycles. The topological polar surface area (TPSA) is 59.5 Å². The Morgan fingerprint density at radius 2 is 2.30 bits per heavy atom. The van der Waals surface area contributed by atoms with Crippen LogP contribution in [0.4, 0.5) is 0 Å². The highest BCUT2D eigenvalue weighted by Crippen LogP contribution is 2.33. The lowest BCUT2D eigenvalue weighted by Gasteiger charge is -2.32. The number of sulfonamides is 1. The van der Waals surface area contributed by atoms with Gasteiger partial charge in [-0.15, -0.1) is 22.7 Å². The summed E-state index contributed by atoms with van der Waals surface area (Å²) in [5.74, 6) is 0. The molecule has 0 aromatic carbocycles. The number of thiophene rings is 1. The van der Waals surface area contributed by atoms with Crippen molar-refractivity contribution < 1.29 is 13.2 Å². The second-order valence-electron chi connectivity index (χ2n) is 4.47. The summed E-state index contributed by atoms with van der Waals surface area (Å²) < 4.78 is 32.7. The third kappa shape index (κ3) is 2.53. The number of ether oxygens (including phenoxy) is 1. The Morgan fingerprint density at radius 3 is 2.95 bits per heavy atom. The minimum absolute atomic E-state index is 0.324. The first-order chi connectivity index (χ1) is 9.59. The van der Waals surface area contributed by atoms with Gasteiger partial charge in [0.15, 0.2) is 0 Å². The van der Waals surface area contributed by atoms with E-state index in [0.29, 0.717) is 24.0 Å². The standard InChI is InChI=1S/C12H14N2O3S3/c1-9-8-19-12(13-9)10-7-17-5-4-14(10)20(15,16)11-3-2-6-18-11/h2-3,6,8,10H,4-5,7H2,1H3/t10-/m0/s1. The predicted molar refractivity (Wildman–Crippen MR) is 78.6 cm³/mol. The number of hydrogen-bond acceptors (Lipinski definition) is 6. The van der Waals surface area contributed by atoms with Crippen LogP contribution in [0.2, 0.25) is 0 Å². The van der Waals surface area contributed by atoms with Gasteiger partial charge in [0.2, 0.25) is 0 Å². The molecule has 0 N–H and O–H groups in total. The van der Waals surface area contributed by atoms with E-state index >= 15 is 0 Å². The summed E-state index contributed by atoms with van der Waals surface area (Å²) >= 11 is 2.72. The third-order valence-corrected chi connectivity index (χ3v) is 7.40. The molecule has 0 radical (unpaired) electrons. The van der Waals surface area contributed by atoms with E-state index in [1.165, 1.54) is 27.0 Å². The smallest absolute Gasteiger partial charge is 0.253 e. The molecular formula is C12H14N2O3S3. The van der Waals surface area contributed by atoms with E-state index in [4.69, 9.17) is 4.74 Å². The van der Waals surface area contributed by atoms with Crippen LogP contribution < -0.4 is 0 Å². The zero-order valence-corrected chi connectivity index (χ0v) is 13.3. The molecule has 1 atom stereocenters. The fourth-order valence-electron chi connectivity index (χ4n) is 2.12. The monoisotopic (exact) mass is 330 g/mol. The highest BCUT2D eigenvalue weighted by atomic mass is 32.2. The molecule has 8 heteroatoms. The van der Waals surface area contributed by atoms with Gasteiger partial charge >= 0.3 is 0 Å². The Morgan fingerprint density at radius 1 is 1.45 bits per heavy atom. The Kier molecular flexibility index (Phi) is 3.91. The van der Waals surface area contributed by atoms with Crippen molar-refractivity contribution in [3.8, 4) is 0 Å². The minimum atomic E-state index is -3.47. The molecule has 1 saturated heterocycles. The highest BCUT2D eigenvalue weighted by Gasteiger charge is 2.37. The van der Waals surface area contributed by atoms with Crippen LogP contribution in [0.15, 0.2) is 27.1 Å². The van der Waals surface area contributed by atoms with Crippen LogP contribution in [-0.2, 0) is 14.8 Å². The maximum absolute atomic E-state index is 12.7. The highest BCUT2D eigenvalue weighted by molar-refractivity contribution is 7.91. The number of morpholine rings is 1. The average molecular weight is 330 g/mol. The second-order valence-corrected chi connectivity index (χ2v) is 8.42. The van der Waals surface area contributed by atoms with Crippen LogP contribution >= 0.6 is 22.7 Å². The number of hydrogen-bond donors (Lipinski definition) is 0. The van der Waals surface area contributed by atoms with E-state index in [0.717, 1.165) is 10.7 Å². The summed E-state index contributed by atoms with van der Waals surface area (Å²) in [5, 5.41) is 4.50. The van der Waals surface area contributed by atoms with Crippen molar-refractivity contribution in [2.45, 2.75) is 17.2 Å². The first-order valence-corrected chi connectivity index (χ1v) is 9.34. The largest absolute Gasteiger partial charge is 0.378 e. The fraction of sp³-hybridized carbons (Fsp3) is 0.417. The minimum Gasteiger partial charge on any atom is -0.378 e. The first-order valence-electron chi connectivity index (χ1n) is 6.14. The number of rotatable bonds is 3. The Hall–Kier alpha value is -0.800. The zero-order valence-electron chi connectivity index (χ0n) is 10.9. The summed E-state index contributed by atoms with van der Waals surface area (Å²) in [7, 11) is -3.47. The van der Waals surface area contributed by atoms with Crippen molar-refractivity contribution in [1.29, 1.82) is 0 Å². The molecule has 1 aliphatic heterocycles. The van der Waals surface area contributed by atoms with Gasteiger partial charge in [0.05, 0.1) is 13.2 Å². The zero-order chi connectivity index (χ0) is 14.2. The maximum Gasteiger partial charge on any atom is 0.253 e. The van der Waals surface area contributed by atoms with E-state index in [-0.39, 0.29) is 6.04 Å². The van der Waals surface area contributed by atoms with E-state index in [1.54, 1.807) is 17.5 Å². The van der Waals surface area contributed by atoms with Crippen LogP contribution in [0.3, 0.4) is 0 Å². The van der Waals surface area contributed by atoms with Gasteiger partial charge < -0.3 is 4.74 Å². The van der Waals surface area contributed by atoms with Crippen LogP contribution in [0, 0.1) is 6.92 Å². The van der Waals surface area contributed by atoms with Crippen molar-refractivity contribution in [2.75, 3.05) is 19.8 Å². The molecule has 1 fully saturated rings. The van der Waals surface area contributed by atoms with Crippen LogP contribution in [0.25, 0.3) is 0 Å². The van der Waals surface area contributed by atoms with Gasteiger partial charge in [0.25, 0.3) is 10.0 Å². The summed E-state index contributed by atoms with van der Waals surface area (Å²) in [6.45, 7) is 3.05. The second kappa shape index (κ2) is 5.53. The predicted octanol–water partition coefficient (Wildman–Crippen LogP) is 2.28. The summed E-state index contributed by atoms with van der Waals surface area (Å²) in [5.41, 5.74) is 0.907. The van der Waals surface area contributed by atoms with Gasteiger partial charge in [-0.05, 0) is 18.4 Å². The molecule has 5 nitrogen and oxygen atoms in total. The molecule has 0 spiro atoms. The lowest BCUT2D eigenvalue weighted by atomic mass is 10.3. The molecule has 1 aliphatic rings. The number of aryl methyl sites for hydroxylation is 1. The van der Waals surface area contributed by atoms with Crippen molar-refractivity contribution in [1.82, 2.24) is 9.29 Å².